The third-order valence-corrected chi connectivity index (χ3v) is 6.70. The molecule has 0 aliphatic carbocycles. The van der Waals surface area contributed by atoms with Crippen molar-refractivity contribution in [3.8, 4) is 28.0 Å². The van der Waals surface area contributed by atoms with Crippen LogP contribution in [0.3, 0.4) is 0 Å². The van der Waals surface area contributed by atoms with Gasteiger partial charge in [-0.15, -0.1) is 0 Å². The zero-order chi connectivity index (χ0) is 27.1. The van der Waals surface area contributed by atoms with Crippen molar-refractivity contribution in [3.63, 3.8) is 0 Å². The minimum atomic E-state index is 0.206. The lowest BCUT2D eigenvalue weighted by Crippen LogP contribution is -2.09. The Kier molecular flexibility index (Phi) is 7.14. The summed E-state index contributed by atoms with van der Waals surface area (Å²) in [5, 5.41) is 18.1. The molecule has 0 unspecified atom stereocenters. The van der Waals surface area contributed by atoms with E-state index in [1.165, 1.54) is 22.3 Å². The van der Waals surface area contributed by atoms with E-state index in [1.807, 2.05) is 24.3 Å². The quantitative estimate of drug-likeness (QED) is 0.214. The molecule has 0 amide bonds. The van der Waals surface area contributed by atoms with Gasteiger partial charge in [0.05, 0.1) is 11.4 Å². The van der Waals surface area contributed by atoms with Crippen molar-refractivity contribution in [2.24, 2.45) is 10.2 Å². The lowest BCUT2D eigenvalue weighted by molar-refractivity contribution is 0.475. The summed E-state index contributed by atoms with van der Waals surface area (Å²) in [7, 11) is 0. The largest absolute Gasteiger partial charge is 0.508 e. The smallest absolute Gasteiger partial charge is 0.115 e. The highest BCUT2D eigenvalue weighted by molar-refractivity contribution is 5.80. The van der Waals surface area contributed by atoms with E-state index in [1.54, 1.807) is 24.3 Å². The molecule has 0 aliphatic heterocycles. The first-order valence-corrected chi connectivity index (χ1v) is 13.1. The summed E-state index contributed by atoms with van der Waals surface area (Å²) < 4.78 is 0. The van der Waals surface area contributed by atoms with Crippen molar-refractivity contribution in [1.82, 2.24) is 0 Å². The predicted octanol–water partition coefficient (Wildman–Crippen LogP) is 10.6. The van der Waals surface area contributed by atoms with Crippen molar-refractivity contribution in [2.45, 2.75) is 0 Å². The molecule has 40 heavy (non-hydrogen) atoms. The molecule has 0 aliphatic rings. The average Bonchev–Trinajstić information content (AvgIpc) is 3.03. The van der Waals surface area contributed by atoms with Gasteiger partial charge in [-0.25, -0.2) is 0 Å². The number of aromatic hydroxyl groups is 1. The van der Waals surface area contributed by atoms with Crippen LogP contribution in [0.25, 0.3) is 22.3 Å². The molecular formula is C36H27N3O. The fourth-order valence-electron chi connectivity index (χ4n) is 4.62. The lowest BCUT2D eigenvalue weighted by Gasteiger charge is -2.26. The van der Waals surface area contributed by atoms with Gasteiger partial charge in [-0.2, -0.15) is 10.2 Å². The van der Waals surface area contributed by atoms with E-state index in [0.717, 1.165) is 22.7 Å². The molecule has 192 valence electrons. The summed E-state index contributed by atoms with van der Waals surface area (Å²) in [6, 6.07) is 52.8. The van der Waals surface area contributed by atoms with Crippen molar-refractivity contribution in [2.75, 3.05) is 4.90 Å². The van der Waals surface area contributed by atoms with Crippen molar-refractivity contribution < 1.29 is 5.11 Å². The van der Waals surface area contributed by atoms with Gasteiger partial charge in [0, 0.05) is 17.1 Å². The standard InChI is InChI=1S/C36H27N3O/c40-36-25-17-32(18-26-36)38-37-31-15-23-35(24-16-31)39(33-19-11-29(12-20-33)27-7-3-1-4-8-27)34-21-13-30(14-22-34)28-9-5-2-6-10-28/h1-26,40H. The molecule has 0 fully saturated rings. The van der Waals surface area contributed by atoms with Gasteiger partial charge in [-0.1, -0.05) is 84.9 Å². The Hall–Kier alpha value is -5.48. The van der Waals surface area contributed by atoms with Crippen LogP contribution in [0.1, 0.15) is 0 Å². The second kappa shape index (κ2) is 11.5. The number of hydrogen-bond acceptors (Lipinski definition) is 4. The average molecular weight is 518 g/mol. The Labute approximate surface area is 234 Å². The third-order valence-electron chi connectivity index (χ3n) is 6.70. The maximum Gasteiger partial charge on any atom is 0.115 e. The molecule has 0 saturated carbocycles. The molecule has 0 aromatic heterocycles. The number of azo groups is 1. The summed E-state index contributed by atoms with van der Waals surface area (Å²) in [5.41, 5.74) is 9.30. The van der Waals surface area contributed by atoms with Crippen LogP contribution in [-0.4, -0.2) is 5.11 Å². The zero-order valence-electron chi connectivity index (χ0n) is 21.8. The van der Waals surface area contributed by atoms with Crippen molar-refractivity contribution >= 4 is 28.4 Å². The van der Waals surface area contributed by atoms with Gasteiger partial charge in [0.15, 0.2) is 0 Å². The van der Waals surface area contributed by atoms with E-state index < -0.39 is 0 Å². The van der Waals surface area contributed by atoms with E-state index >= 15 is 0 Å². The SMILES string of the molecule is Oc1ccc(N=Nc2ccc(N(c3ccc(-c4ccccc4)cc3)c3ccc(-c4ccccc4)cc3)cc2)cc1. The molecule has 0 radical (unpaired) electrons. The van der Waals surface area contributed by atoms with Crippen LogP contribution in [0.15, 0.2) is 168 Å². The Balaban J connectivity index is 1.33. The monoisotopic (exact) mass is 517 g/mol. The molecule has 6 rings (SSSR count). The van der Waals surface area contributed by atoms with E-state index in [0.29, 0.717) is 5.69 Å². The highest BCUT2D eigenvalue weighted by atomic mass is 16.3. The Morgan fingerprint density at radius 1 is 0.350 bits per heavy atom. The number of benzene rings is 6. The number of phenols is 1. The number of rotatable bonds is 7. The molecule has 4 nitrogen and oxygen atoms in total. The van der Waals surface area contributed by atoms with Gasteiger partial charge in [0.1, 0.15) is 5.75 Å². The van der Waals surface area contributed by atoms with Crippen LogP contribution >= 0.6 is 0 Å². The van der Waals surface area contributed by atoms with Crippen LogP contribution in [0.4, 0.5) is 28.4 Å². The zero-order valence-corrected chi connectivity index (χ0v) is 21.8. The van der Waals surface area contributed by atoms with E-state index in [4.69, 9.17) is 0 Å². The molecule has 6 aromatic carbocycles. The summed E-state index contributed by atoms with van der Waals surface area (Å²) in [6.45, 7) is 0. The highest BCUT2D eigenvalue weighted by Crippen LogP contribution is 2.37. The molecule has 6 aromatic rings. The maximum absolute atomic E-state index is 9.48. The molecular weight excluding hydrogens is 490 g/mol. The second-order valence-electron chi connectivity index (χ2n) is 9.39. The van der Waals surface area contributed by atoms with E-state index in [-0.39, 0.29) is 5.75 Å². The fraction of sp³-hybridized carbons (Fsp3) is 0. The van der Waals surface area contributed by atoms with Gasteiger partial charge < -0.3 is 10.0 Å². The topological polar surface area (TPSA) is 48.2 Å². The molecule has 0 spiro atoms. The molecule has 4 heteroatoms. The number of anilines is 3. The summed E-state index contributed by atoms with van der Waals surface area (Å²) in [6.07, 6.45) is 0. The highest BCUT2D eigenvalue weighted by Gasteiger charge is 2.13. The Bertz CT molecular complexity index is 1610. The van der Waals surface area contributed by atoms with Gasteiger partial charge in [0.25, 0.3) is 0 Å². The van der Waals surface area contributed by atoms with Crippen molar-refractivity contribution in [3.05, 3.63) is 158 Å². The number of phenolic OH excluding ortho intramolecular Hbond substituents is 1. The van der Waals surface area contributed by atoms with Crippen LogP contribution in [-0.2, 0) is 0 Å². The molecule has 1 N–H and O–H groups in total. The van der Waals surface area contributed by atoms with Gasteiger partial charge in [-0.05, 0) is 95.1 Å². The first kappa shape index (κ1) is 24.8. The predicted molar refractivity (Wildman–Crippen MR) is 164 cm³/mol. The van der Waals surface area contributed by atoms with E-state index in [2.05, 4.69) is 124 Å². The van der Waals surface area contributed by atoms with Gasteiger partial charge in [0.2, 0.25) is 0 Å². The van der Waals surface area contributed by atoms with Crippen LogP contribution in [0, 0.1) is 0 Å². The maximum atomic E-state index is 9.48. The normalized spacial score (nSPS) is 11.0. The number of hydrogen-bond donors (Lipinski definition) is 1. The Morgan fingerprint density at radius 3 is 1.07 bits per heavy atom. The Morgan fingerprint density at radius 2 is 0.675 bits per heavy atom. The van der Waals surface area contributed by atoms with Crippen LogP contribution in [0.2, 0.25) is 0 Å². The van der Waals surface area contributed by atoms with Crippen LogP contribution in [0.5, 0.6) is 5.75 Å². The fourth-order valence-corrected chi connectivity index (χ4v) is 4.62. The number of nitrogens with zero attached hydrogens (tertiary/aromatic N) is 3. The molecule has 0 atom stereocenters. The van der Waals surface area contributed by atoms with Gasteiger partial charge >= 0.3 is 0 Å². The molecule has 0 saturated heterocycles. The van der Waals surface area contributed by atoms with Gasteiger partial charge in [-0.3, -0.25) is 0 Å². The van der Waals surface area contributed by atoms with Crippen LogP contribution < -0.4 is 4.90 Å². The summed E-state index contributed by atoms with van der Waals surface area (Å²) >= 11 is 0. The minimum absolute atomic E-state index is 0.206. The summed E-state index contributed by atoms with van der Waals surface area (Å²) in [4.78, 5) is 2.24. The van der Waals surface area contributed by atoms with E-state index in [9.17, 15) is 5.11 Å². The summed E-state index contributed by atoms with van der Waals surface area (Å²) in [5.74, 6) is 0.206. The van der Waals surface area contributed by atoms with Crippen molar-refractivity contribution in [1.29, 1.82) is 0 Å². The lowest BCUT2D eigenvalue weighted by atomic mass is 10.0. The third kappa shape index (κ3) is 5.66. The molecule has 0 heterocycles. The second-order valence-corrected chi connectivity index (χ2v) is 9.39. The minimum Gasteiger partial charge on any atom is -0.508 e. The first-order valence-electron chi connectivity index (χ1n) is 13.1. The molecule has 0 bridgehead atoms. The first-order chi connectivity index (χ1) is 19.7.